The summed E-state index contributed by atoms with van der Waals surface area (Å²) < 4.78 is 13.3. The summed E-state index contributed by atoms with van der Waals surface area (Å²) >= 11 is 0. The molecule has 5 aromatic rings. The number of amides is 1. The van der Waals surface area contributed by atoms with Gasteiger partial charge in [-0.15, -0.1) is 0 Å². The van der Waals surface area contributed by atoms with Crippen molar-refractivity contribution < 1.29 is 14.3 Å². The van der Waals surface area contributed by atoms with Gasteiger partial charge in [0, 0.05) is 43.9 Å². The second kappa shape index (κ2) is 12.5. The Balaban J connectivity index is 1.52. The van der Waals surface area contributed by atoms with Gasteiger partial charge in [-0.3, -0.25) is 4.79 Å². The number of pyridine rings is 1. The SMILES string of the molecule is COc1cc(OC)cc(C(CC(=O)N(CCc2ccccc2)Cc2ccccc2)c2cnc3c(C)cccn23)c1. The van der Waals surface area contributed by atoms with Crippen molar-refractivity contribution in [2.24, 2.45) is 0 Å². The van der Waals surface area contributed by atoms with E-state index in [1.54, 1.807) is 14.2 Å². The summed E-state index contributed by atoms with van der Waals surface area (Å²) in [5, 5.41) is 0. The predicted octanol–water partition coefficient (Wildman–Crippen LogP) is 6.45. The summed E-state index contributed by atoms with van der Waals surface area (Å²) in [5.74, 6) is 1.18. The molecule has 0 bridgehead atoms. The zero-order valence-electron chi connectivity index (χ0n) is 23.3. The van der Waals surface area contributed by atoms with Crippen molar-refractivity contribution in [2.75, 3.05) is 20.8 Å². The van der Waals surface area contributed by atoms with Crippen LogP contribution in [0.2, 0.25) is 0 Å². The summed E-state index contributed by atoms with van der Waals surface area (Å²) in [6.45, 7) is 3.22. The van der Waals surface area contributed by atoms with Crippen LogP contribution in [0, 0.1) is 6.92 Å². The molecule has 6 nitrogen and oxygen atoms in total. The van der Waals surface area contributed by atoms with Crippen LogP contribution >= 0.6 is 0 Å². The first kappa shape index (κ1) is 27.0. The van der Waals surface area contributed by atoms with E-state index in [0.29, 0.717) is 24.6 Å². The van der Waals surface area contributed by atoms with Crippen LogP contribution in [-0.4, -0.2) is 41.0 Å². The summed E-state index contributed by atoms with van der Waals surface area (Å²) in [7, 11) is 3.28. The van der Waals surface area contributed by atoms with Gasteiger partial charge in [-0.2, -0.15) is 0 Å². The lowest BCUT2D eigenvalue weighted by atomic mass is 9.91. The molecule has 0 saturated heterocycles. The Labute approximate surface area is 235 Å². The van der Waals surface area contributed by atoms with Crippen LogP contribution in [0.25, 0.3) is 5.65 Å². The monoisotopic (exact) mass is 533 g/mol. The van der Waals surface area contributed by atoms with Gasteiger partial charge in [0.15, 0.2) is 0 Å². The lowest BCUT2D eigenvalue weighted by molar-refractivity contribution is -0.132. The van der Waals surface area contributed by atoms with Gasteiger partial charge in [-0.25, -0.2) is 4.98 Å². The van der Waals surface area contributed by atoms with E-state index in [4.69, 9.17) is 14.5 Å². The van der Waals surface area contributed by atoms with E-state index in [0.717, 1.165) is 34.5 Å². The molecular weight excluding hydrogens is 498 g/mol. The van der Waals surface area contributed by atoms with Gasteiger partial charge in [0.1, 0.15) is 17.1 Å². The number of nitrogens with zero attached hydrogens (tertiary/aromatic N) is 3. The number of carbonyl (C=O) groups excluding carboxylic acids is 1. The van der Waals surface area contributed by atoms with Crippen molar-refractivity contribution in [3.63, 3.8) is 0 Å². The standard InChI is InChI=1S/C34H35N3O3/c1-25-11-10-17-37-32(23-35-34(25)37)31(28-19-29(39-2)21-30(20-28)40-3)22-33(38)36(24-27-14-8-5-9-15-27)18-16-26-12-6-4-7-13-26/h4-15,17,19-21,23,31H,16,18,22,24H2,1-3H3. The molecule has 0 radical (unpaired) electrons. The second-order valence-corrected chi connectivity index (χ2v) is 10.0. The Morgan fingerprint density at radius 2 is 1.52 bits per heavy atom. The van der Waals surface area contributed by atoms with E-state index in [1.165, 1.54) is 5.56 Å². The Kier molecular flexibility index (Phi) is 8.45. The van der Waals surface area contributed by atoms with Crippen molar-refractivity contribution in [2.45, 2.75) is 32.2 Å². The molecule has 0 spiro atoms. The number of hydrogen-bond donors (Lipinski definition) is 0. The zero-order chi connectivity index (χ0) is 27.9. The molecular formula is C34H35N3O3. The number of fused-ring (bicyclic) bond motifs is 1. The molecule has 0 aliphatic carbocycles. The lowest BCUT2D eigenvalue weighted by Gasteiger charge is -2.26. The first-order valence-corrected chi connectivity index (χ1v) is 13.6. The zero-order valence-corrected chi connectivity index (χ0v) is 23.3. The summed E-state index contributed by atoms with van der Waals surface area (Å²) in [4.78, 5) is 20.9. The van der Waals surface area contributed by atoms with E-state index in [-0.39, 0.29) is 18.2 Å². The highest BCUT2D eigenvalue weighted by Crippen LogP contribution is 2.35. The molecule has 0 fully saturated rings. The topological polar surface area (TPSA) is 56.1 Å². The van der Waals surface area contributed by atoms with Gasteiger partial charge in [-0.1, -0.05) is 66.7 Å². The molecule has 0 N–H and O–H groups in total. The Morgan fingerprint density at radius 3 is 2.17 bits per heavy atom. The molecule has 40 heavy (non-hydrogen) atoms. The molecule has 0 saturated carbocycles. The smallest absolute Gasteiger partial charge is 0.223 e. The van der Waals surface area contributed by atoms with Crippen LogP contribution in [0.15, 0.2) is 103 Å². The van der Waals surface area contributed by atoms with Crippen LogP contribution in [0.4, 0.5) is 0 Å². The van der Waals surface area contributed by atoms with E-state index in [1.807, 2.05) is 90.9 Å². The highest BCUT2D eigenvalue weighted by molar-refractivity contribution is 5.78. The van der Waals surface area contributed by atoms with E-state index in [2.05, 4.69) is 28.7 Å². The van der Waals surface area contributed by atoms with Gasteiger partial charge in [0.25, 0.3) is 0 Å². The minimum absolute atomic E-state index is 0.0779. The summed E-state index contributed by atoms with van der Waals surface area (Å²) in [6.07, 6.45) is 4.96. The number of aromatic nitrogens is 2. The molecule has 204 valence electrons. The molecule has 1 amide bonds. The summed E-state index contributed by atoms with van der Waals surface area (Å²) in [5.41, 5.74) is 6.17. The number of ether oxygens (including phenoxy) is 2. The van der Waals surface area contributed by atoms with Gasteiger partial charge in [0.2, 0.25) is 5.91 Å². The fourth-order valence-electron chi connectivity index (χ4n) is 5.16. The normalized spacial score (nSPS) is 11.8. The van der Waals surface area contributed by atoms with Gasteiger partial charge >= 0.3 is 0 Å². The van der Waals surface area contributed by atoms with Gasteiger partial charge in [0.05, 0.1) is 19.9 Å². The molecule has 2 aromatic heterocycles. The Morgan fingerprint density at radius 1 is 0.875 bits per heavy atom. The van der Waals surface area contributed by atoms with Crippen molar-refractivity contribution in [1.29, 1.82) is 0 Å². The number of benzene rings is 3. The molecule has 5 rings (SSSR count). The second-order valence-electron chi connectivity index (χ2n) is 10.0. The Hall–Kier alpha value is -4.58. The van der Waals surface area contributed by atoms with Crippen molar-refractivity contribution in [3.05, 3.63) is 131 Å². The first-order chi connectivity index (χ1) is 19.6. The minimum atomic E-state index is -0.261. The van der Waals surface area contributed by atoms with E-state index in [9.17, 15) is 4.79 Å². The number of carbonyl (C=O) groups is 1. The highest BCUT2D eigenvalue weighted by Gasteiger charge is 2.26. The van der Waals surface area contributed by atoms with Gasteiger partial charge < -0.3 is 18.8 Å². The average Bonchev–Trinajstić information content (AvgIpc) is 3.43. The van der Waals surface area contributed by atoms with Crippen LogP contribution in [0.3, 0.4) is 0 Å². The van der Waals surface area contributed by atoms with E-state index < -0.39 is 0 Å². The van der Waals surface area contributed by atoms with Crippen LogP contribution < -0.4 is 9.47 Å². The number of aryl methyl sites for hydroxylation is 1. The number of rotatable bonds is 11. The third-order valence-electron chi connectivity index (χ3n) is 7.35. The van der Waals surface area contributed by atoms with Gasteiger partial charge in [-0.05, 0) is 53.8 Å². The summed E-state index contributed by atoms with van der Waals surface area (Å²) in [6, 6.07) is 30.4. The Bertz CT molecular complexity index is 1540. The van der Waals surface area contributed by atoms with Crippen LogP contribution in [-0.2, 0) is 17.8 Å². The van der Waals surface area contributed by atoms with Crippen LogP contribution in [0.5, 0.6) is 11.5 Å². The number of hydrogen-bond acceptors (Lipinski definition) is 4. The van der Waals surface area contributed by atoms with Crippen molar-refractivity contribution in [3.8, 4) is 11.5 Å². The molecule has 2 heterocycles. The molecule has 1 unspecified atom stereocenters. The molecule has 0 aliphatic rings. The van der Waals surface area contributed by atoms with E-state index >= 15 is 0 Å². The fourth-order valence-corrected chi connectivity index (χ4v) is 5.16. The minimum Gasteiger partial charge on any atom is -0.497 e. The fraction of sp³-hybridized carbons (Fsp3) is 0.235. The predicted molar refractivity (Wildman–Crippen MR) is 158 cm³/mol. The maximum atomic E-state index is 14.2. The lowest BCUT2D eigenvalue weighted by Crippen LogP contribution is -2.33. The molecule has 3 aromatic carbocycles. The number of methoxy groups -OCH3 is 2. The maximum Gasteiger partial charge on any atom is 0.223 e. The largest absolute Gasteiger partial charge is 0.497 e. The third-order valence-corrected chi connectivity index (χ3v) is 7.35. The molecule has 6 heteroatoms. The number of imidazole rings is 1. The molecule has 0 aliphatic heterocycles. The maximum absolute atomic E-state index is 14.2. The first-order valence-electron chi connectivity index (χ1n) is 13.6. The van der Waals surface area contributed by atoms with Crippen molar-refractivity contribution >= 4 is 11.6 Å². The quantitative estimate of drug-likeness (QED) is 0.196. The third kappa shape index (κ3) is 6.18. The average molecular weight is 534 g/mol. The highest BCUT2D eigenvalue weighted by atomic mass is 16.5. The molecule has 1 atom stereocenters. The van der Waals surface area contributed by atoms with Crippen molar-refractivity contribution in [1.82, 2.24) is 14.3 Å². The van der Waals surface area contributed by atoms with Crippen LogP contribution in [0.1, 0.15) is 40.3 Å².